The summed E-state index contributed by atoms with van der Waals surface area (Å²) in [5.74, 6) is 0.340. The Morgan fingerprint density at radius 2 is 1.72 bits per heavy atom. The van der Waals surface area contributed by atoms with Crippen LogP contribution in [0.5, 0.6) is 5.75 Å². The molecule has 0 saturated carbocycles. The van der Waals surface area contributed by atoms with Crippen molar-refractivity contribution in [3.63, 3.8) is 0 Å². The third-order valence-corrected chi connectivity index (χ3v) is 4.35. The topological polar surface area (TPSA) is 70.7 Å². The van der Waals surface area contributed by atoms with Crippen LogP contribution in [-0.2, 0) is 16.1 Å². The third-order valence-electron chi connectivity index (χ3n) is 4.35. The van der Waals surface area contributed by atoms with E-state index in [2.05, 4.69) is 17.2 Å². The van der Waals surface area contributed by atoms with Crippen LogP contribution in [0.3, 0.4) is 0 Å². The molecule has 6 nitrogen and oxygen atoms in total. The van der Waals surface area contributed by atoms with Crippen molar-refractivity contribution in [3.05, 3.63) is 71.8 Å². The van der Waals surface area contributed by atoms with Gasteiger partial charge in [0.2, 0.25) is 11.8 Å². The number of carbonyl (C=O) groups is 2. The fourth-order valence-electron chi connectivity index (χ4n) is 2.89. The third kappa shape index (κ3) is 7.43. The highest BCUT2D eigenvalue weighted by Crippen LogP contribution is 2.19. The Morgan fingerprint density at radius 3 is 2.34 bits per heavy atom. The van der Waals surface area contributed by atoms with E-state index in [9.17, 15) is 9.59 Å². The van der Waals surface area contributed by atoms with Crippen molar-refractivity contribution >= 4 is 17.5 Å². The molecule has 0 radical (unpaired) electrons. The Hall–Kier alpha value is -3.12. The molecule has 0 aliphatic heterocycles. The zero-order valence-electron chi connectivity index (χ0n) is 17.3. The minimum Gasteiger partial charge on any atom is -0.490 e. The molecule has 29 heavy (non-hydrogen) atoms. The Balaban J connectivity index is 1.75. The number of para-hydroxylation sites is 1. The van der Waals surface area contributed by atoms with Crippen LogP contribution in [0.2, 0.25) is 0 Å². The number of benzene rings is 2. The molecule has 2 aromatic rings. The maximum Gasteiger partial charge on any atom is 0.243 e. The number of aryl methyl sites for hydroxylation is 2. The largest absolute Gasteiger partial charge is 0.490 e. The van der Waals surface area contributed by atoms with Gasteiger partial charge in [-0.3, -0.25) is 14.5 Å². The molecule has 0 aliphatic rings. The summed E-state index contributed by atoms with van der Waals surface area (Å²) in [4.78, 5) is 26.2. The maximum atomic E-state index is 12.1. The summed E-state index contributed by atoms with van der Waals surface area (Å²) in [5, 5.41) is 5.53. The first-order valence-corrected chi connectivity index (χ1v) is 9.53. The number of rotatable bonds is 10. The summed E-state index contributed by atoms with van der Waals surface area (Å²) in [6.07, 6.45) is 1.70. The molecule has 6 heteroatoms. The van der Waals surface area contributed by atoms with E-state index in [0.29, 0.717) is 13.2 Å². The highest BCUT2D eigenvalue weighted by atomic mass is 16.5. The van der Waals surface area contributed by atoms with Gasteiger partial charge in [0.15, 0.2) is 0 Å². The molecule has 0 bridgehead atoms. The van der Waals surface area contributed by atoms with E-state index in [4.69, 9.17) is 4.74 Å². The lowest BCUT2D eigenvalue weighted by Gasteiger charge is -2.17. The molecule has 0 unspecified atom stereocenters. The number of ether oxygens (including phenoxy) is 1. The minimum atomic E-state index is -0.242. The maximum absolute atomic E-state index is 12.1. The van der Waals surface area contributed by atoms with E-state index in [-0.39, 0.29) is 24.9 Å². The molecule has 2 rings (SSSR count). The predicted molar refractivity (Wildman–Crippen MR) is 116 cm³/mol. The standard InChI is InChI=1S/C23H29N3O3/c1-5-13-29-20-11-9-19(10-12-20)15-26(4)16-22(28)24-14-21(27)25-23-17(2)7-6-8-18(23)3/h5-12H,1,13-16H2,2-4H3,(H,24,28)(H,25,27). The van der Waals surface area contributed by atoms with Crippen molar-refractivity contribution in [1.29, 1.82) is 0 Å². The average molecular weight is 396 g/mol. The van der Waals surface area contributed by atoms with Crippen molar-refractivity contribution in [2.45, 2.75) is 20.4 Å². The van der Waals surface area contributed by atoms with Crippen LogP contribution < -0.4 is 15.4 Å². The van der Waals surface area contributed by atoms with Crippen LogP contribution in [0, 0.1) is 13.8 Å². The van der Waals surface area contributed by atoms with Crippen LogP contribution in [0.4, 0.5) is 5.69 Å². The molecule has 0 aromatic heterocycles. The highest BCUT2D eigenvalue weighted by Gasteiger charge is 2.11. The number of amides is 2. The number of carbonyl (C=O) groups excluding carboxylic acids is 2. The van der Waals surface area contributed by atoms with Gasteiger partial charge in [-0.1, -0.05) is 43.0 Å². The van der Waals surface area contributed by atoms with Gasteiger partial charge < -0.3 is 15.4 Å². The Morgan fingerprint density at radius 1 is 1.07 bits per heavy atom. The lowest BCUT2D eigenvalue weighted by Crippen LogP contribution is -2.39. The number of anilines is 1. The molecule has 2 aromatic carbocycles. The van der Waals surface area contributed by atoms with E-state index >= 15 is 0 Å². The van der Waals surface area contributed by atoms with Gasteiger partial charge in [-0.2, -0.15) is 0 Å². The molecule has 0 atom stereocenters. The van der Waals surface area contributed by atoms with Crippen molar-refractivity contribution in [3.8, 4) is 5.75 Å². The second-order valence-electron chi connectivity index (χ2n) is 7.01. The predicted octanol–water partition coefficient (Wildman–Crippen LogP) is 3.05. The van der Waals surface area contributed by atoms with Gasteiger partial charge in [0.1, 0.15) is 12.4 Å². The zero-order chi connectivity index (χ0) is 21.2. The SMILES string of the molecule is C=CCOc1ccc(CN(C)CC(=O)NCC(=O)Nc2c(C)cccc2C)cc1. The molecular formula is C23H29N3O3. The summed E-state index contributed by atoms with van der Waals surface area (Å²) in [5.41, 5.74) is 3.85. The molecule has 154 valence electrons. The summed E-state index contributed by atoms with van der Waals surface area (Å²) < 4.78 is 5.46. The molecule has 2 amide bonds. The van der Waals surface area contributed by atoms with Crippen LogP contribution in [-0.4, -0.2) is 43.5 Å². The first-order chi connectivity index (χ1) is 13.9. The van der Waals surface area contributed by atoms with E-state index in [1.165, 1.54) is 0 Å². The van der Waals surface area contributed by atoms with E-state index < -0.39 is 0 Å². The lowest BCUT2D eigenvalue weighted by atomic mass is 10.1. The van der Waals surface area contributed by atoms with E-state index in [0.717, 1.165) is 28.1 Å². The summed E-state index contributed by atoms with van der Waals surface area (Å²) in [6.45, 7) is 8.72. The van der Waals surface area contributed by atoms with Gasteiger partial charge in [0.25, 0.3) is 0 Å². The van der Waals surface area contributed by atoms with Crippen LogP contribution >= 0.6 is 0 Å². The van der Waals surface area contributed by atoms with Crippen LogP contribution in [0.25, 0.3) is 0 Å². The van der Waals surface area contributed by atoms with Gasteiger partial charge in [0.05, 0.1) is 13.1 Å². The smallest absolute Gasteiger partial charge is 0.243 e. The molecule has 0 fully saturated rings. The normalized spacial score (nSPS) is 10.5. The number of hydrogen-bond acceptors (Lipinski definition) is 4. The Bertz CT molecular complexity index is 827. The minimum absolute atomic E-state index is 0.0597. The van der Waals surface area contributed by atoms with Gasteiger partial charge in [0, 0.05) is 12.2 Å². The summed E-state index contributed by atoms with van der Waals surface area (Å²) in [6, 6.07) is 13.5. The fourth-order valence-corrected chi connectivity index (χ4v) is 2.89. The molecule has 0 aliphatic carbocycles. The first-order valence-electron chi connectivity index (χ1n) is 9.53. The first kappa shape index (κ1) is 22.2. The molecule has 0 heterocycles. The summed E-state index contributed by atoms with van der Waals surface area (Å²) in [7, 11) is 1.86. The van der Waals surface area contributed by atoms with E-state index in [1.807, 2.05) is 68.3 Å². The van der Waals surface area contributed by atoms with Crippen molar-refractivity contribution < 1.29 is 14.3 Å². The number of likely N-dealkylation sites (N-methyl/N-ethyl adjacent to an activating group) is 1. The highest BCUT2D eigenvalue weighted by molar-refractivity contribution is 5.95. The molecule has 2 N–H and O–H groups in total. The lowest BCUT2D eigenvalue weighted by molar-refractivity contribution is -0.124. The molecular weight excluding hydrogens is 366 g/mol. The van der Waals surface area contributed by atoms with Gasteiger partial charge in [-0.05, 0) is 49.7 Å². The van der Waals surface area contributed by atoms with Crippen molar-refractivity contribution in [2.75, 3.05) is 32.1 Å². The van der Waals surface area contributed by atoms with E-state index in [1.54, 1.807) is 6.08 Å². The van der Waals surface area contributed by atoms with Gasteiger partial charge in [-0.25, -0.2) is 0 Å². The monoisotopic (exact) mass is 395 g/mol. The second kappa shape index (κ2) is 11.0. The van der Waals surface area contributed by atoms with Crippen molar-refractivity contribution in [1.82, 2.24) is 10.2 Å². The summed E-state index contributed by atoms with van der Waals surface area (Å²) >= 11 is 0. The van der Waals surface area contributed by atoms with Gasteiger partial charge >= 0.3 is 0 Å². The van der Waals surface area contributed by atoms with Crippen LogP contribution in [0.15, 0.2) is 55.1 Å². The number of nitrogens with zero attached hydrogens (tertiary/aromatic N) is 1. The molecule has 0 saturated heterocycles. The molecule has 0 spiro atoms. The second-order valence-corrected chi connectivity index (χ2v) is 7.01. The number of hydrogen-bond donors (Lipinski definition) is 2. The quantitative estimate of drug-likeness (QED) is 0.607. The van der Waals surface area contributed by atoms with Gasteiger partial charge in [-0.15, -0.1) is 0 Å². The fraction of sp³-hybridized carbons (Fsp3) is 0.304. The Kier molecular flexibility index (Phi) is 8.43. The zero-order valence-corrected chi connectivity index (χ0v) is 17.3. The van der Waals surface area contributed by atoms with Crippen LogP contribution in [0.1, 0.15) is 16.7 Å². The van der Waals surface area contributed by atoms with Crippen molar-refractivity contribution in [2.24, 2.45) is 0 Å². The Labute approximate surface area is 172 Å². The number of nitrogens with one attached hydrogen (secondary N) is 2. The average Bonchev–Trinajstić information content (AvgIpc) is 2.68.